The Morgan fingerprint density at radius 1 is 0.759 bits per heavy atom. The molecule has 0 N–H and O–H groups in total. The first kappa shape index (κ1) is 19.9. The van der Waals surface area contributed by atoms with Crippen LogP contribution in [0.3, 0.4) is 0 Å². The third-order valence-corrected chi connectivity index (χ3v) is 5.90. The van der Waals surface area contributed by atoms with Crippen LogP contribution in [-0.2, 0) is 11.3 Å². The summed E-state index contributed by atoms with van der Waals surface area (Å²) in [4.78, 5) is 21.6. The van der Waals surface area contributed by atoms with Crippen LogP contribution in [-0.4, -0.2) is 79.5 Å². The van der Waals surface area contributed by atoms with Gasteiger partial charge in [0.2, 0.25) is 5.91 Å². The molecule has 0 atom stereocenters. The van der Waals surface area contributed by atoms with Crippen molar-refractivity contribution in [2.45, 2.75) is 6.54 Å². The number of benzene rings is 2. The minimum atomic E-state index is -0.207. The number of hydrogen-bond acceptors (Lipinski definition) is 4. The van der Waals surface area contributed by atoms with Gasteiger partial charge in [0.15, 0.2) is 0 Å². The Morgan fingerprint density at radius 2 is 1.38 bits per heavy atom. The van der Waals surface area contributed by atoms with Crippen LogP contribution in [0, 0.1) is 5.82 Å². The second-order valence-corrected chi connectivity index (χ2v) is 7.88. The van der Waals surface area contributed by atoms with E-state index in [2.05, 4.69) is 39.0 Å². The summed E-state index contributed by atoms with van der Waals surface area (Å²) in [5, 5.41) is 0. The van der Waals surface area contributed by atoms with Gasteiger partial charge in [-0.2, -0.15) is 0 Å². The van der Waals surface area contributed by atoms with Crippen LogP contribution in [0.2, 0.25) is 0 Å². The highest BCUT2D eigenvalue weighted by atomic mass is 19.1. The molecule has 4 rings (SSSR count). The van der Waals surface area contributed by atoms with Gasteiger partial charge in [-0.3, -0.25) is 14.6 Å². The van der Waals surface area contributed by atoms with E-state index in [-0.39, 0.29) is 11.7 Å². The predicted octanol–water partition coefficient (Wildman–Crippen LogP) is 2.29. The molecule has 0 unspecified atom stereocenters. The molecule has 2 aromatic rings. The van der Waals surface area contributed by atoms with Crippen LogP contribution in [0.1, 0.15) is 5.56 Å². The summed E-state index contributed by atoms with van der Waals surface area (Å²) in [6, 6.07) is 17.2. The van der Waals surface area contributed by atoms with E-state index in [0.717, 1.165) is 64.6 Å². The van der Waals surface area contributed by atoms with Crippen LogP contribution in [0.25, 0.3) is 0 Å². The summed E-state index contributed by atoms with van der Waals surface area (Å²) in [7, 11) is 0. The number of anilines is 1. The highest BCUT2D eigenvalue weighted by Gasteiger charge is 2.24. The Hall–Kier alpha value is -2.44. The molecule has 154 valence electrons. The molecule has 0 spiro atoms. The fraction of sp³-hybridized carbons (Fsp3) is 0.435. The monoisotopic (exact) mass is 396 g/mol. The van der Waals surface area contributed by atoms with Crippen molar-refractivity contribution >= 4 is 11.6 Å². The van der Waals surface area contributed by atoms with Gasteiger partial charge in [-0.15, -0.1) is 0 Å². The zero-order valence-electron chi connectivity index (χ0n) is 16.8. The van der Waals surface area contributed by atoms with Crippen LogP contribution in [0.5, 0.6) is 0 Å². The lowest BCUT2D eigenvalue weighted by atomic mass is 10.2. The molecule has 6 heteroatoms. The maximum Gasteiger partial charge on any atom is 0.236 e. The van der Waals surface area contributed by atoms with Gasteiger partial charge in [-0.1, -0.05) is 30.3 Å². The molecule has 0 radical (unpaired) electrons. The van der Waals surface area contributed by atoms with E-state index in [1.807, 2.05) is 23.1 Å². The van der Waals surface area contributed by atoms with Crippen LogP contribution in [0.4, 0.5) is 10.1 Å². The molecular weight excluding hydrogens is 367 g/mol. The maximum atomic E-state index is 13.1. The molecule has 2 aliphatic heterocycles. The quantitative estimate of drug-likeness (QED) is 0.776. The maximum absolute atomic E-state index is 13.1. The van der Waals surface area contributed by atoms with Gasteiger partial charge in [0.25, 0.3) is 0 Å². The molecule has 0 aromatic heterocycles. The Bertz CT molecular complexity index is 782. The van der Waals surface area contributed by atoms with Crippen molar-refractivity contribution in [1.29, 1.82) is 0 Å². The van der Waals surface area contributed by atoms with Crippen molar-refractivity contribution in [2.75, 3.05) is 63.8 Å². The van der Waals surface area contributed by atoms with Crippen molar-refractivity contribution in [2.24, 2.45) is 0 Å². The number of rotatable bonds is 5. The molecule has 2 heterocycles. The van der Waals surface area contributed by atoms with Gasteiger partial charge < -0.3 is 9.80 Å². The largest absolute Gasteiger partial charge is 0.369 e. The highest BCUT2D eigenvalue weighted by Crippen LogP contribution is 2.17. The van der Waals surface area contributed by atoms with E-state index in [1.54, 1.807) is 0 Å². The first-order valence-corrected chi connectivity index (χ1v) is 10.4. The molecule has 2 fully saturated rings. The summed E-state index contributed by atoms with van der Waals surface area (Å²) in [6.07, 6.45) is 0. The average Bonchev–Trinajstić information content (AvgIpc) is 2.76. The molecule has 29 heavy (non-hydrogen) atoms. The standard InChI is InChI=1S/C23H29FN4O/c24-21-6-8-22(9-7-21)27-14-10-26(11-15-27)19-23(29)28-16-12-25(13-17-28)18-20-4-2-1-3-5-20/h1-9H,10-19H2. The molecule has 2 saturated heterocycles. The second-order valence-electron chi connectivity index (χ2n) is 7.88. The summed E-state index contributed by atoms with van der Waals surface area (Å²) >= 11 is 0. The van der Waals surface area contributed by atoms with Gasteiger partial charge in [-0.25, -0.2) is 4.39 Å². The Labute approximate surface area is 172 Å². The minimum Gasteiger partial charge on any atom is -0.369 e. The van der Waals surface area contributed by atoms with E-state index in [4.69, 9.17) is 0 Å². The second kappa shape index (κ2) is 9.37. The van der Waals surface area contributed by atoms with Gasteiger partial charge in [0.1, 0.15) is 5.82 Å². The van der Waals surface area contributed by atoms with Crippen molar-refractivity contribution in [1.82, 2.24) is 14.7 Å². The summed E-state index contributed by atoms with van der Waals surface area (Å²) in [5.74, 6) is 0.0291. The molecular formula is C23H29FN4O. The van der Waals surface area contributed by atoms with Crippen LogP contribution < -0.4 is 4.90 Å². The van der Waals surface area contributed by atoms with Gasteiger partial charge in [0, 0.05) is 64.6 Å². The van der Waals surface area contributed by atoms with Crippen molar-refractivity contribution in [3.05, 3.63) is 66.0 Å². The van der Waals surface area contributed by atoms with Gasteiger partial charge in [-0.05, 0) is 29.8 Å². The van der Waals surface area contributed by atoms with E-state index < -0.39 is 0 Å². The number of carbonyl (C=O) groups is 1. The molecule has 1 amide bonds. The van der Waals surface area contributed by atoms with Crippen LogP contribution in [0.15, 0.2) is 54.6 Å². The zero-order chi connectivity index (χ0) is 20.1. The SMILES string of the molecule is O=C(CN1CCN(c2ccc(F)cc2)CC1)N1CCN(Cc2ccccc2)CC1. The number of nitrogens with zero attached hydrogens (tertiary/aromatic N) is 4. The molecule has 2 aromatic carbocycles. The van der Waals surface area contributed by atoms with Crippen molar-refractivity contribution in [3.63, 3.8) is 0 Å². The molecule has 5 nitrogen and oxygen atoms in total. The van der Waals surface area contributed by atoms with E-state index in [9.17, 15) is 9.18 Å². The van der Waals surface area contributed by atoms with E-state index in [0.29, 0.717) is 6.54 Å². The molecule has 0 saturated carbocycles. The number of piperazine rings is 2. The smallest absolute Gasteiger partial charge is 0.236 e. The summed E-state index contributed by atoms with van der Waals surface area (Å²) in [6.45, 7) is 8.37. The average molecular weight is 397 g/mol. The first-order valence-electron chi connectivity index (χ1n) is 10.4. The number of halogens is 1. The number of carbonyl (C=O) groups excluding carboxylic acids is 1. The fourth-order valence-corrected chi connectivity index (χ4v) is 4.10. The predicted molar refractivity (Wildman–Crippen MR) is 113 cm³/mol. The van der Waals surface area contributed by atoms with Gasteiger partial charge in [0.05, 0.1) is 6.54 Å². The summed E-state index contributed by atoms with van der Waals surface area (Å²) in [5.41, 5.74) is 2.37. The molecule has 2 aliphatic rings. The third kappa shape index (κ3) is 5.34. The normalized spacial score (nSPS) is 18.8. The Balaban J connectivity index is 1.19. The summed E-state index contributed by atoms with van der Waals surface area (Å²) < 4.78 is 13.1. The topological polar surface area (TPSA) is 30.0 Å². The lowest BCUT2D eigenvalue weighted by Crippen LogP contribution is -2.53. The van der Waals surface area contributed by atoms with Crippen molar-refractivity contribution < 1.29 is 9.18 Å². The van der Waals surface area contributed by atoms with E-state index >= 15 is 0 Å². The number of amides is 1. The fourth-order valence-electron chi connectivity index (χ4n) is 4.10. The van der Waals surface area contributed by atoms with Crippen LogP contribution >= 0.6 is 0 Å². The zero-order valence-corrected chi connectivity index (χ0v) is 16.8. The molecule has 0 aliphatic carbocycles. The Morgan fingerprint density at radius 3 is 2.03 bits per heavy atom. The van der Waals surface area contributed by atoms with E-state index in [1.165, 1.54) is 17.7 Å². The van der Waals surface area contributed by atoms with Gasteiger partial charge >= 0.3 is 0 Å². The lowest BCUT2D eigenvalue weighted by Gasteiger charge is -2.38. The number of hydrogen-bond donors (Lipinski definition) is 0. The first-order chi connectivity index (χ1) is 14.2. The highest BCUT2D eigenvalue weighted by molar-refractivity contribution is 5.78. The third-order valence-electron chi connectivity index (χ3n) is 5.90. The Kier molecular flexibility index (Phi) is 6.42. The lowest BCUT2D eigenvalue weighted by molar-refractivity contribution is -0.134. The molecule has 0 bridgehead atoms. The van der Waals surface area contributed by atoms with Crippen molar-refractivity contribution in [3.8, 4) is 0 Å². The minimum absolute atomic E-state index is 0.207.